The Balaban J connectivity index is 1.88. The van der Waals surface area contributed by atoms with Gasteiger partial charge < -0.3 is 9.88 Å². The molecule has 4 heteroatoms. The highest BCUT2D eigenvalue weighted by molar-refractivity contribution is 5.76. The van der Waals surface area contributed by atoms with Crippen LogP contribution in [0.5, 0.6) is 0 Å². The van der Waals surface area contributed by atoms with Gasteiger partial charge in [0.25, 0.3) is 0 Å². The molecule has 0 aliphatic heterocycles. The van der Waals surface area contributed by atoms with Gasteiger partial charge in [0.2, 0.25) is 5.91 Å². The van der Waals surface area contributed by atoms with Crippen LogP contribution in [0.4, 0.5) is 0 Å². The van der Waals surface area contributed by atoms with E-state index in [0.29, 0.717) is 12.3 Å². The van der Waals surface area contributed by atoms with Crippen molar-refractivity contribution in [2.45, 2.75) is 33.1 Å². The average molecular weight is 221 g/mol. The topological polar surface area (TPSA) is 49.0 Å². The Labute approximate surface area is 96.1 Å². The molecule has 16 heavy (non-hydrogen) atoms. The molecule has 4 nitrogen and oxygen atoms in total. The average Bonchev–Trinajstić information content (AvgIpc) is 2.79. The van der Waals surface area contributed by atoms with Crippen molar-refractivity contribution in [1.82, 2.24) is 14.9 Å². The van der Waals surface area contributed by atoms with Crippen molar-refractivity contribution < 1.29 is 4.79 Å². The lowest BCUT2D eigenvalue weighted by Crippen LogP contribution is -2.32. The van der Waals surface area contributed by atoms with E-state index < -0.39 is 0 Å². The standard InChI is InChI=1S/C12H19N3O/c1-3-15(4-2)12(16)7-9-5-10-11(6-9)14-8-13-10/h8-9H,3-7H2,1-2H3,(H,13,14). The Hall–Kier alpha value is -1.32. The molecule has 2 rings (SSSR count). The molecule has 1 N–H and O–H groups in total. The molecule has 0 radical (unpaired) electrons. The fraction of sp³-hybridized carbons (Fsp3) is 0.667. The summed E-state index contributed by atoms with van der Waals surface area (Å²) in [6.07, 6.45) is 4.33. The number of aromatic nitrogens is 2. The lowest BCUT2D eigenvalue weighted by atomic mass is 10.0. The highest BCUT2D eigenvalue weighted by atomic mass is 16.2. The Morgan fingerprint density at radius 3 is 2.88 bits per heavy atom. The summed E-state index contributed by atoms with van der Waals surface area (Å²) in [5, 5.41) is 0. The number of imidazole rings is 1. The second kappa shape index (κ2) is 4.68. The molecule has 0 saturated carbocycles. The predicted molar refractivity (Wildman–Crippen MR) is 62.0 cm³/mol. The van der Waals surface area contributed by atoms with E-state index in [9.17, 15) is 4.79 Å². The van der Waals surface area contributed by atoms with Gasteiger partial charge in [0.15, 0.2) is 0 Å². The summed E-state index contributed by atoms with van der Waals surface area (Å²) in [6, 6.07) is 0. The molecule has 1 aliphatic carbocycles. The van der Waals surface area contributed by atoms with Crippen molar-refractivity contribution in [3.63, 3.8) is 0 Å². The zero-order chi connectivity index (χ0) is 11.5. The lowest BCUT2D eigenvalue weighted by molar-refractivity contribution is -0.131. The quantitative estimate of drug-likeness (QED) is 0.835. The SMILES string of the molecule is CCN(CC)C(=O)CC1Cc2nc[nH]c2C1. The molecule has 1 atom stereocenters. The van der Waals surface area contributed by atoms with Gasteiger partial charge in [0, 0.05) is 25.2 Å². The number of nitrogens with one attached hydrogen (secondary N) is 1. The van der Waals surface area contributed by atoms with Gasteiger partial charge in [-0.15, -0.1) is 0 Å². The largest absolute Gasteiger partial charge is 0.348 e. The first-order chi connectivity index (χ1) is 7.74. The smallest absolute Gasteiger partial charge is 0.222 e. The fourth-order valence-electron chi connectivity index (χ4n) is 2.43. The Bertz CT molecular complexity index is 348. The molecule has 1 heterocycles. The molecule has 0 spiro atoms. The molecule has 1 aromatic rings. The Morgan fingerprint density at radius 1 is 1.50 bits per heavy atom. The molecule has 1 aliphatic rings. The number of rotatable bonds is 4. The van der Waals surface area contributed by atoms with Crippen LogP contribution >= 0.6 is 0 Å². The van der Waals surface area contributed by atoms with Gasteiger partial charge in [-0.1, -0.05) is 0 Å². The van der Waals surface area contributed by atoms with E-state index in [1.807, 2.05) is 18.7 Å². The summed E-state index contributed by atoms with van der Waals surface area (Å²) in [5.41, 5.74) is 2.37. The normalized spacial score (nSPS) is 15.1. The van der Waals surface area contributed by atoms with Gasteiger partial charge in [-0.2, -0.15) is 0 Å². The van der Waals surface area contributed by atoms with Crippen LogP contribution in [0.15, 0.2) is 6.33 Å². The maximum absolute atomic E-state index is 11.9. The number of hydrogen-bond acceptors (Lipinski definition) is 2. The summed E-state index contributed by atoms with van der Waals surface area (Å²) < 4.78 is 0. The first kappa shape index (κ1) is 11.2. The molecular formula is C12H19N3O. The summed E-state index contributed by atoms with van der Waals surface area (Å²) in [6.45, 7) is 5.68. The van der Waals surface area contributed by atoms with Crippen LogP contribution < -0.4 is 0 Å². The highest BCUT2D eigenvalue weighted by Gasteiger charge is 2.26. The summed E-state index contributed by atoms with van der Waals surface area (Å²) >= 11 is 0. The maximum atomic E-state index is 11.9. The van der Waals surface area contributed by atoms with E-state index in [0.717, 1.165) is 31.6 Å². The van der Waals surface area contributed by atoms with Crippen LogP contribution in [0.1, 0.15) is 31.7 Å². The number of nitrogens with zero attached hydrogens (tertiary/aromatic N) is 2. The van der Waals surface area contributed by atoms with E-state index >= 15 is 0 Å². The van der Waals surface area contributed by atoms with E-state index in [2.05, 4.69) is 9.97 Å². The molecule has 88 valence electrons. The highest BCUT2D eigenvalue weighted by Crippen LogP contribution is 2.26. The number of carbonyl (C=O) groups excluding carboxylic acids is 1. The second-order valence-corrected chi connectivity index (χ2v) is 4.37. The molecule has 0 saturated heterocycles. The maximum Gasteiger partial charge on any atom is 0.222 e. The second-order valence-electron chi connectivity index (χ2n) is 4.37. The minimum absolute atomic E-state index is 0.278. The van der Waals surface area contributed by atoms with Crippen LogP contribution in [-0.2, 0) is 17.6 Å². The molecular weight excluding hydrogens is 202 g/mol. The molecule has 1 unspecified atom stereocenters. The van der Waals surface area contributed by atoms with Gasteiger partial charge in [-0.3, -0.25) is 4.79 Å². The van der Waals surface area contributed by atoms with Crippen molar-refractivity contribution >= 4 is 5.91 Å². The molecule has 0 fully saturated rings. The minimum Gasteiger partial charge on any atom is -0.348 e. The van der Waals surface area contributed by atoms with Gasteiger partial charge >= 0.3 is 0 Å². The van der Waals surface area contributed by atoms with E-state index in [1.165, 1.54) is 5.69 Å². The predicted octanol–water partition coefficient (Wildman–Crippen LogP) is 1.38. The van der Waals surface area contributed by atoms with Gasteiger partial charge in [0.1, 0.15) is 0 Å². The number of carbonyl (C=O) groups is 1. The van der Waals surface area contributed by atoms with E-state index in [4.69, 9.17) is 0 Å². The van der Waals surface area contributed by atoms with Crippen LogP contribution in [0.2, 0.25) is 0 Å². The molecule has 0 aromatic carbocycles. The van der Waals surface area contributed by atoms with Crippen molar-refractivity contribution in [2.24, 2.45) is 5.92 Å². The summed E-state index contributed by atoms with van der Waals surface area (Å²) in [4.78, 5) is 21.2. The number of fused-ring (bicyclic) bond motifs is 1. The third-order valence-corrected chi connectivity index (χ3v) is 3.36. The first-order valence-electron chi connectivity index (χ1n) is 6.03. The zero-order valence-electron chi connectivity index (χ0n) is 9.99. The van der Waals surface area contributed by atoms with Crippen LogP contribution in [0.3, 0.4) is 0 Å². The van der Waals surface area contributed by atoms with Crippen molar-refractivity contribution in [3.8, 4) is 0 Å². The van der Waals surface area contributed by atoms with Crippen LogP contribution in [-0.4, -0.2) is 33.9 Å². The number of H-pyrrole nitrogens is 1. The lowest BCUT2D eigenvalue weighted by Gasteiger charge is -2.20. The number of hydrogen-bond donors (Lipinski definition) is 1. The molecule has 0 bridgehead atoms. The summed E-state index contributed by atoms with van der Waals surface area (Å²) in [5.74, 6) is 0.725. The van der Waals surface area contributed by atoms with Crippen molar-refractivity contribution in [2.75, 3.05) is 13.1 Å². The van der Waals surface area contributed by atoms with Gasteiger partial charge in [-0.05, 0) is 32.6 Å². The van der Waals surface area contributed by atoms with Crippen LogP contribution in [0.25, 0.3) is 0 Å². The number of amides is 1. The van der Waals surface area contributed by atoms with Crippen molar-refractivity contribution in [1.29, 1.82) is 0 Å². The van der Waals surface area contributed by atoms with Crippen molar-refractivity contribution in [3.05, 3.63) is 17.7 Å². The van der Waals surface area contributed by atoms with Gasteiger partial charge in [0.05, 0.1) is 12.0 Å². The summed E-state index contributed by atoms with van der Waals surface area (Å²) in [7, 11) is 0. The zero-order valence-corrected chi connectivity index (χ0v) is 9.99. The van der Waals surface area contributed by atoms with Gasteiger partial charge in [-0.25, -0.2) is 4.98 Å². The molecule has 1 amide bonds. The number of aromatic amines is 1. The monoisotopic (exact) mass is 221 g/mol. The van der Waals surface area contributed by atoms with E-state index in [1.54, 1.807) is 6.33 Å². The minimum atomic E-state index is 0.278. The van der Waals surface area contributed by atoms with Crippen LogP contribution in [0, 0.1) is 5.92 Å². The molecule has 1 aromatic heterocycles. The third-order valence-electron chi connectivity index (χ3n) is 3.36. The Morgan fingerprint density at radius 2 is 2.25 bits per heavy atom. The third kappa shape index (κ3) is 2.10. The fourth-order valence-corrected chi connectivity index (χ4v) is 2.43. The first-order valence-corrected chi connectivity index (χ1v) is 6.03. The Kier molecular flexibility index (Phi) is 3.27. The van der Waals surface area contributed by atoms with E-state index in [-0.39, 0.29) is 5.91 Å².